The van der Waals surface area contributed by atoms with Crippen molar-refractivity contribution in [3.8, 4) is 0 Å². The first kappa shape index (κ1) is 15.9. The van der Waals surface area contributed by atoms with Crippen molar-refractivity contribution in [1.29, 1.82) is 0 Å². The zero-order valence-corrected chi connectivity index (χ0v) is 14.0. The van der Waals surface area contributed by atoms with Gasteiger partial charge in [0.2, 0.25) is 0 Å². The first-order valence-corrected chi connectivity index (χ1v) is 7.80. The normalized spacial score (nSPS) is 10.9. The Hall–Kier alpha value is -1.49. The quantitative estimate of drug-likeness (QED) is 0.759. The van der Waals surface area contributed by atoms with Gasteiger partial charge in [-0.2, -0.15) is 5.10 Å². The van der Waals surface area contributed by atoms with Crippen molar-refractivity contribution in [1.82, 2.24) is 9.78 Å². The third-order valence-corrected chi connectivity index (χ3v) is 4.44. The number of hydrogen-bond acceptors (Lipinski definition) is 2. The van der Waals surface area contributed by atoms with Crippen LogP contribution in [0.2, 0.25) is 0 Å². The minimum atomic E-state index is -0.388. The Morgan fingerprint density at radius 3 is 2.71 bits per heavy atom. The summed E-state index contributed by atoms with van der Waals surface area (Å²) >= 11 is 3.53. The lowest BCUT2D eigenvalue weighted by molar-refractivity contribution is 0.0989. The molecule has 1 aromatic heterocycles. The van der Waals surface area contributed by atoms with Gasteiger partial charge in [-0.25, -0.2) is 4.39 Å². The van der Waals surface area contributed by atoms with Crippen LogP contribution in [0.25, 0.3) is 0 Å². The molecule has 1 aromatic carbocycles. The van der Waals surface area contributed by atoms with Crippen LogP contribution in [0.1, 0.15) is 41.2 Å². The van der Waals surface area contributed by atoms with Crippen LogP contribution in [0.4, 0.5) is 4.39 Å². The van der Waals surface area contributed by atoms with E-state index in [0.717, 1.165) is 27.8 Å². The van der Waals surface area contributed by atoms with Crippen LogP contribution in [0, 0.1) is 12.7 Å². The van der Waals surface area contributed by atoms with Gasteiger partial charge in [-0.1, -0.05) is 13.0 Å². The van der Waals surface area contributed by atoms with Gasteiger partial charge in [-0.15, -0.1) is 0 Å². The highest BCUT2D eigenvalue weighted by Gasteiger charge is 2.19. The second-order valence-electron chi connectivity index (χ2n) is 4.94. The number of nitrogens with zero attached hydrogens (tertiary/aromatic N) is 2. The van der Waals surface area contributed by atoms with E-state index in [1.165, 1.54) is 12.1 Å². The molecule has 0 aliphatic carbocycles. The Balaban J connectivity index is 2.35. The molecule has 0 fully saturated rings. The van der Waals surface area contributed by atoms with Crippen LogP contribution < -0.4 is 0 Å². The number of ketones is 1. The summed E-state index contributed by atoms with van der Waals surface area (Å²) in [6.45, 7) is 6.52. The van der Waals surface area contributed by atoms with Gasteiger partial charge >= 0.3 is 0 Å². The number of aryl methyl sites for hydroxylation is 3. The van der Waals surface area contributed by atoms with Crippen molar-refractivity contribution in [2.75, 3.05) is 0 Å². The zero-order valence-electron chi connectivity index (χ0n) is 12.4. The van der Waals surface area contributed by atoms with E-state index in [0.29, 0.717) is 12.1 Å². The van der Waals surface area contributed by atoms with Crippen LogP contribution in [0.15, 0.2) is 22.7 Å². The zero-order chi connectivity index (χ0) is 15.6. The van der Waals surface area contributed by atoms with E-state index in [-0.39, 0.29) is 18.0 Å². The number of rotatable bonds is 5. The molecule has 0 radical (unpaired) electrons. The average molecular weight is 353 g/mol. The molecule has 0 atom stereocenters. The highest BCUT2D eigenvalue weighted by molar-refractivity contribution is 9.10. The smallest absolute Gasteiger partial charge is 0.169 e. The highest BCUT2D eigenvalue weighted by Crippen LogP contribution is 2.24. The van der Waals surface area contributed by atoms with Gasteiger partial charge in [-0.05, 0) is 53.9 Å². The SMILES string of the molecule is CCc1nn(CC)c(CC(=O)c2cc(F)ccc2C)c1Br. The average Bonchev–Trinajstić information content (AvgIpc) is 2.77. The standard InChI is InChI=1S/C16H18BrFN2O/c1-4-13-16(17)14(20(5-2)19-13)9-15(21)12-8-11(18)7-6-10(12)3/h6-8H,4-5,9H2,1-3H3. The maximum Gasteiger partial charge on any atom is 0.169 e. The predicted molar refractivity (Wildman–Crippen MR) is 84.2 cm³/mol. The first-order valence-electron chi connectivity index (χ1n) is 7.01. The van der Waals surface area contributed by atoms with Gasteiger partial charge in [0.05, 0.1) is 22.3 Å². The fourth-order valence-electron chi connectivity index (χ4n) is 2.33. The predicted octanol–water partition coefficient (Wildman–Crippen LogP) is 4.10. The van der Waals surface area contributed by atoms with Crippen LogP contribution in [0.5, 0.6) is 0 Å². The summed E-state index contributed by atoms with van der Waals surface area (Å²) in [4.78, 5) is 12.5. The second-order valence-corrected chi connectivity index (χ2v) is 5.73. The molecule has 2 aromatic rings. The van der Waals surface area contributed by atoms with Gasteiger partial charge in [-0.3, -0.25) is 9.48 Å². The Morgan fingerprint density at radius 1 is 1.38 bits per heavy atom. The van der Waals surface area contributed by atoms with Crippen molar-refractivity contribution < 1.29 is 9.18 Å². The van der Waals surface area contributed by atoms with Crippen molar-refractivity contribution in [3.05, 3.63) is 51.0 Å². The summed E-state index contributed by atoms with van der Waals surface area (Å²) in [5.41, 5.74) is 3.01. The number of carbonyl (C=O) groups is 1. The van der Waals surface area contributed by atoms with E-state index >= 15 is 0 Å². The number of benzene rings is 1. The van der Waals surface area contributed by atoms with Crippen LogP contribution >= 0.6 is 15.9 Å². The summed E-state index contributed by atoms with van der Waals surface area (Å²) in [5.74, 6) is -0.480. The minimum Gasteiger partial charge on any atom is -0.294 e. The molecule has 0 amide bonds. The molecule has 21 heavy (non-hydrogen) atoms. The maximum atomic E-state index is 13.4. The highest BCUT2D eigenvalue weighted by atomic mass is 79.9. The molecular formula is C16H18BrFN2O. The molecular weight excluding hydrogens is 335 g/mol. The first-order chi connectivity index (χ1) is 9.97. The van der Waals surface area contributed by atoms with Crippen molar-refractivity contribution in [3.63, 3.8) is 0 Å². The summed E-state index contributed by atoms with van der Waals surface area (Å²) in [5, 5.41) is 4.48. The summed E-state index contributed by atoms with van der Waals surface area (Å²) in [7, 11) is 0. The van der Waals surface area contributed by atoms with Gasteiger partial charge in [0.15, 0.2) is 5.78 Å². The van der Waals surface area contributed by atoms with Crippen LogP contribution in [-0.4, -0.2) is 15.6 Å². The maximum absolute atomic E-state index is 13.4. The Labute approximate surface area is 132 Å². The van der Waals surface area contributed by atoms with E-state index in [4.69, 9.17) is 0 Å². The Morgan fingerprint density at radius 2 is 2.10 bits per heavy atom. The molecule has 0 saturated heterocycles. The van der Waals surface area contributed by atoms with Crippen molar-refractivity contribution in [2.24, 2.45) is 0 Å². The largest absolute Gasteiger partial charge is 0.294 e. The van der Waals surface area contributed by atoms with Crippen molar-refractivity contribution in [2.45, 2.75) is 40.2 Å². The lowest BCUT2D eigenvalue weighted by Crippen LogP contribution is -2.11. The van der Waals surface area contributed by atoms with E-state index in [1.54, 1.807) is 6.07 Å². The monoisotopic (exact) mass is 352 g/mol. The number of halogens is 2. The molecule has 0 spiro atoms. The van der Waals surface area contributed by atoms with Crippen LogP contribution in [0.3, 0.4) is 0 Å². The molecule has 0 N–H and O–H groups in total. The van der Waals surface area contributed by atoms with E-state index in [9.17, 15) is 9.18 Å². The van der Waals surface area contributed by atoms with Crippen LogP contribution in [-0.2, 0) is 19.4 Å². The molecule has 0 saturated carbocycles. The molecule has 5 heteroatoms. The molecule has 2 rings (SSSR count). The number of carbonyl (C=O) groups excluding carboxylic acids is 1. The number of aromatic nitrogens is 2. The number of Topliss-reactive ketones (excluding diaryl/α,β-unsaturated/α-hetero) is 1. The fourth-order valence-corrected chi connectivity index (χ4v) is 3.03. The van der Waals surface area contributed by atoms with E-state index in [2.05, 4.69) is 21.0 Å². The Kier molecular flexibility index (Phi) is 4.93. The second kappa shape index (κ2) is 6.52. The third-order valence-electron chi connectivity index (χ3n) is 3.52. The van der Waals surface area contributed by atoms with E-state index < -0.39 is 0 Å². The van der Waals surface area contributed by atoms with Gasteiger partial charge in [0.1, 0.15) is 5.82 Å². The molecule has 0 aliphatic rings. The van der Waals surface area contributed by atoms with Gasteiger partial charge < -0.3 is 0 Å². The summed E-state index contributed by atoms with van der Waals surface area (Å²) < 4.78 is 16.1. The fraction of sp³-hybridized carbons (Fsp3) is 0.375. The molecule has 0 aliphatic heterocycles. The molecule has 0 unspecified atom stereocenters. The number of hydrogen-bond donors (Lipinski definition) is 0. The Bertz CT molecular complexity index is 679. The van der Waals surface area contributed by atoms with E-state index in [1.807, 2.05) is 25.5 Å². The topological polar surface area (TPSA) is 34.9 Å². The molecule has 112 valence electrons. The summed E-state index contributed by atoms with van der Waals surface area (Å²) in [6, 6.07) is 4.30. The van der Waals surface area contributed by atoms with Crippen molar-refractivity contribution >= 4 is 21.7 Å². The summed E-state index contributed by atoms with van der Waals surface area (Å²) in [6.07, 6.45) is 1.01. The molecule has 0 bridgehead atoms. The van der Waals surface area contributed by atoms with Gasteiger partial charge in [0.25, 0.3) is 0 Å². The minimum absolute atomic E-state index is 0.0926. The molecule has 3 nitrogen and oxygen atoms in total. The lowest BCUT2D eigenvalue weighted by Gasteiger charge is -2.07. The third kappa shape index (κ3) is 3.23. The van der Waals surface area contributed by atoms with Gasteiger partial charge in [0, 0.05) is 12.1 Å². The lowest BCUT2D eigenvalue weighted by atomic mass is 10.0. The molecule has 1 heterocycles.